The summed E-state index contributed by atoms with van der Waals surface area (Å²) in [6.45, 7) is 1.85. The summed E-state index contributed by atoms with van der Waals surface area (Å²) in [6.07, 6.45) is 1.56. The van der Waals surface area contributed by atoms with Crippen molar-refractivity contribution in [2.75, 3.05) is 0 Å². The molecule has 6 heteroatoms. The van der Waals surface area contributed by atoms with Gasteiger partial charge < -0.3 is 5.11 Å². The number of halogens is 1. The van der Waals surface area contributed by atoms with Crippen LogP contribution in [0.25, 0.3) is 0 Å². The number of aliphatic hydroxyl groups is 1. The van der Waals surface area contributed by atoms with Crippen LogP contribution in [-0.2, 0) is 13.5 Å². The molecule has 1 unspecified atom stereocenters. The van der Waals surface area contributed by atoms with E-state index in [9.17, 15) is 5.11 Å². The Morgan fingerprint density at radius 1 is 1.62 bits per heavy atom. The Bertz CT molecular complexity index is 480. The summed E-state index contributed by atoms with van der Waals surface area (Å²) in [5.74, 6) is 0. The molecule has 2 aromatic rings. The van der Waals surface area contributed by atoms with Gasteiger partial charge in [-0.3, -0.25) is 9.67 Å². The smallest absolute Gasteiger partial charge is 0.0953 e. The first kappa shape index (κ1) is 11.6. The molecule has 0 aliphatic rings. The molecule has 0 spiro atoms. The molecule has 0 bridgehead atoms. The zero-order valence-electron chi connectivity index (χ0n) is 9.01. The summed E-state index contributed by atoms with van der Waals surface area (Å²) in [5.41, 5.74) is 3.34. The molecule has 16 heavy (non-hydrogen) atoms. The molecule has 1 atom stereocenters. The lowest BCUT2D eigenvalue weighted by atomic mass is 10.1. The summed E-state index contributed by atoms with van der Waals surface area (Å²) in [7, 11) is 1.83. The van der Waals surface area contributed by atoms with Gasteiger partial charge in [-0.1, -0.05) is 11.6 Å². The number of hydrogen-bond donors (Lipinski definition) is 1. The van der Waals surface area contributed by atoms with Crippen LogP contribution in [0.2, 0.25) is 5.02 Å². The fourth-order valence-corrected chi connectivity index (χ4v) is 2.42. The minimum absolute atomic E-state index is 0.457. The van der Waals surface area contributed by atoms with Crippen molar-refractivity contribution in [1.29, 1.82) is 0 Å². The van der Waals surface area contributed by atoms with Gasteiger partial charge in [-0.15, -0.1) is 11.3 Å². The summed E-state index contributed by atoms with van der Waals surface area (Å²) in [4.78, 5) is 4.78. The van der Waals surface area contributed by atoms with Crippen LogP contribution in [0, 0.1) is 6.92 Å². The van der Waals surface area contributed by atoms with Crippen molar-refractivity contribution in [1.82, 2.24) is 14.8 Å². The summed E-state index contributed by atoms with van der Waals surface area (Å²) < 4.78 is 1.71. The summed E-state index contributed by atoms with van der Waals surface area (Å²) >= 11 is 7.55. The highest BCUT2D eigenvalue weighted by molar-refractivity contribution is 7.09. The summed E-state index contributed by atoms with van der Waals surface area (Å²) in [6, 6.07) is 0. The van der Waals surface area contributed by atoms with Crippen molar-refractivity contribution in [3.63, 3.8) is 0 Å². The SMILES string of the molecule is Cc1nn(C)c(CC(O)c2cncs2)c1Cl. The van der Waals surface area contributed by atoms with Gasteiger partial charge in [-0.2, -0.15) is 5.10 Å². The monoisotopic (exact) mass is 257 g/mol. The molecule has 0 saturated carbocycles. The second-order valence-electron chi connectivity index (χ2n) is 3.59. The van der Waals surface area contributed by atoms with Crippen LogP contribution in [0.5, 0.6) is 0 Å². The van der Waals surface area contributed by atoms with Gasteiger partial charge in [-0.25, -0.2) is 0 Å². The molecule has 0 amide bonds. The fourth-order valence-electron chi connectivity index (χ4n) is 1.58. The molecule has 0 radical (unpaired) electrons. The lowest BCUT2D eigenvalue weighted by Crippen LogP contribution is -2.05. The van der Waals surface area contributed by atoms with E-state index in [0.717, 1.165) is 16.3 Å². The Labute approximate surface area is 103 Å². The number of nitrogens with zero attached hydrogens (tertiary/aromatic N) is 3. The molecule has 2 rings (SSSR count). The highest BCUT2D eigenvalue weighted by atomic mass is 35.5. The highest BCUT2D eigenvalue weighted by Gasteiger charge is 2.17. The van der Waals surface area contributed by atoms with Crippen LogP contribution in [-0.4, -0.2) is 19.9 Å². The van der Waals surface area contributed by atoms with Crippen LogP contribution in [0.3, 0.4) is 0 Å². The molecule has 2 aromatic heterocycles. The predicted octanol–water partition coefficient (Wildman–Crippen LogP) is 2.11. The van der Waals surface area contributed by atoms with Gasteiger partial charge in [0, 0.05) is 19.7 Å². The van der Waals surface area contributed by atoms with Crippen molar-refractivity contribution in [2.45, 2.75) is 19.4 Å². The number of aliphatic hydroxyl groups excluding tert-OH is 1. The van der Waals surface area contributed by atoms with E-state index >= 15 is 0 Å². The minimum atomic E-state index is -0.570. The highest BCUT2D eigenvalue weighted by Crippen LogP contribution is 2.26. The number of thiazole rings is 1. The van der Waals surface area contributed by atoms with Crippen molar-refractivity contribution < 1.29 is 5.11 Å². The second kappa shape index (κ2) is 4.53. The van der Waals surface area contributed by atoms with Crippen molar-refractivity contribution >= 4 is 22.9 Å². The van der Waals surface area contributed by atoms with Crippen molar-refractivity contribution in [3.8, 4) is 0 Å². The Morgan fingerprint density at radius 2 is 2.38 bits per heavy atom. The van der Waals surface area contributed by atoms with Crippen molar-refractivity contribution in [3.05, 3.63) is 33.0 Å². The van der Waals surface area contributed by atoms with Gasteiger partial charge in [0.2, 0.25) is 0 Å². The van der Waals surface area contributed by atoms with Gasteiger partial charge >= 0.3 is 0 Å². The fraction of sp³-hybridized carbons (Fsp3) is 0.400. The van der Waals surface area contributed by atoms with Crippen LogP contribution in [0.15, 0.2) is 11.7 Å². The third kappa shape index (κ3) is 2.11. The van der Waals surface area contributed by atoms with Gasteiger partial charge in [-0.05, 0) is 6.92 Å². The van der Waals surface area contributed by atoms with E-state index in [0.29, 0.717) is 11.4 Å². The van der Waals surface area contributed by atoms with Crippen LogP contribution in [0.4, 0.5) is 0 Å². The van der Waals surface area contributed by atoms with Gasteiger partial charge in [0.15, 0.2) is 0 Å². The van der Waals surface area contributed by atoms with Gasteiger partial charge in [0.25, 0.3) is 0 Å². The molecule has 4 nitrogen and oxygen atoms in total. The Hall–Kier alpha value is -0.910. The zero-order chi connectivity index (χ0) is 11.7. The standard InChI is InChI=1S/C10H12ClN3OS/c1-6-10(11)7(14(2)13-6)3-8(15)9-4-12-5-16-9/h4-5,8,15H,3H2,1-2H3. The van der Waals surface area contributed by atoms with E-state index < -0.39 is 6.10 Å². The predicted molar refractivity (Wildman–Crippen MR) is 63.7 cm³/mol. The molecule has 0 aromatic carbocycles. The van der Waals surface area contributed by atoms with Crippen LogP contribution >= 0.6 is 22.9 Å². The van der Waals surface area contributed by atoms with E-state index in [1.54, 1.807) is 16.4 Å². The number of aryl methyl sites for hydroxylation is 2. The van der Waals surface area contributed by atoms with Crippen LogP contribution in [0.1, 0.15) is 22.4 Å². The number of rotatable bonds is 3. The molecule has 0 aliphatic carbocycles. The Kier molecular flexibility index (Phi) is 3.28. The van der Waals surface area contributed by atoms with E-state index in [1.807, 2.05) is 14.0 Å². The van der Waals surface area contributed by atoms with Gasteiger partial charge in [0.05, 0.1) is 32.9 Å². The number of hydrogen-bond acceptors (Lipinski definition) is 4. The third-order valence-electron chi connectivity index (χ3n) is 2.43. The lowest BCUT2D eigenvalue weighted by molar-refractivity contribution is 0.179. The topological polar surface area (TPSA) is 50.9 Å². The van der Waals surface area contributed by atoms with Crippen molar-refractivity contribution in [2.24, 2.45) is 7.05 Å². The first-order chi connectivity index (χ1) is 7.59. The second-order valence-corrected chi connectivity index (χ2v) is 4.89. The molecule has 0 saturated heterocycles. The normalized spacial score (nSPS) is 13.0. The lowest BCUT2D eigenvalue weighted by Gasteiger charge is -2.08. The van der Waals surface area contributed by atoms with Crippen LogP contribution < -0.4 is 0 Å². The largest absolute Gasteiger partial charge is 0.387 e. The van der Waals surface area contributed by atoms with E-state index in [2.05, 4.69) is 10.1 Å². The molecule has 1 N–H and O–H groups in total. The first-order valence-corrected chi connectivity index (χ1v) is 6.09. The molecule has 86 valence electrons. The molecular formula is C10H12ClN3OS. The van der Waals surface area contributed by atoms with E-state index in [1.165, 1.54) is 11.3 Å². The average molecular weight is 258 g/mol. The maximum absolute atomic E-state index is 9.99. The van der Waals surface area contributed by atoms with E-state index in [4.69, 9.17) is 11.6 Å². The Balaban J connectivity index is 2.21. The molecular weight excluding hydrogens is 246 g/mol. The molecule has 0 fully saturated rings. The zero-order valence-corrected chi connectivity index (χ0v) is 10.6. The maximum Gasteiger partial charge on any atom is 0.0953 e. The van der Waals surface area contributed by atoms with E-state index in [-0.39, 0.29) is 0 Å². The first-order valence-electron chi connectivity index (χ1n) is 4.84. The average Bonchev–Trinajstić information content (AvgIpc) is 2.83. The molecule has 0 aliphatic heterocycles. The minimum Gasteiger partial charge on any atom is -0.387 e. The van der Waals surface area contributed by atoms with Gasteiger partial charge in [0.1, 0.15) is 0 Å². The number of aromatic nitrogens is 3. The quantitative estimate of drug-likeness (QED) is 0.916. The molecule has 2 heterocycles. The Morgan fingerprint density at radius 3 is 2.88 bits per heavy atom. The maximum atomic E-state index is 9.99. The summed E-state index contributed by atoms with van der Waals surface area (Å²) in [5, 5.41) is 14.8. The third-order valence-corrected chi connectivity index (χ3v) is 3.80.